The van der Waals surface area contributed by atoms with Crippen molar-refractivity contribution in [1.82, 2.24) is 15.0 Å². The van der Waals surface area contributed by atoms with Crippen LogP contribution in [0.3, 0.4) is 0 Å². The Labute approximate surface area is 181 Å². The molecule has 1 aliphatic carbocycles. The summed E-state index contributed by atoms with van der Waals surface area (Å²) < 4.78 is 48.9. The van der Waals surface area contributed by atoms with E-state index in [-0.39, 0.29) is 24.2 Å². The van der Waals surface area contributed by atoms with Crippen LogP contribution in [-0.2, 0) is 9.53 Å². The summed E-state index contributed by atoms with van der Waals surface area (Å²) in [6, 6.07) is 5.58. The number of aromatic nitrogens is 2. The van der Waals surface area contributed by atoms with Gasteiger partial charge in [0.05, 0.1) is 18.3 Å². The molecule has 0 unspecified atom stereocenters. The molecule has 32 heavy (non-hydrogen) atoms. The molecule has 2 aromatic heterocycles. The van der Waals surface area contributed by atoms with Gasteiger partial charge >= 0.3 is 12.1 Å². The predicted octanol–water partition coefficient (Wildman–Crippen LogP) is 2.77. The van der Waals surface area contributed by atoms with Gasteiger partial charge in [0.1, 0.15) is 23.5 Å². The lowest BCUT2D eigenvalue weighted by Crippen LogP contribution is -2.54. The third-order valence-electron chi connectivity index (χ3n) is 5.20. The summed E-state index contributed by atoms with van der Waals surface area (Å²) in [7, 11) is 0. The van der Waals surface area contributed by atoms with E-state index in [1.165, 1.54) is 0 Å². The van der Waals surface area contributed by atoms with E-state index in [0.717, 1.165) is 12.8 Å². The van der Waals surface area contributed by atoms with Crippen molar-refractivity contribution in [3.63, 3.8) is 0 Å². The van der Waals surface area contributed by atoms with Gasteiger partial charge in [0.2, 0.25) is 5.88 Å². The molecule has 1 N–H and O–H groups in total. The minimum Gasteiger partial charge on any atom is -0.475 e. The number of aliphatic carboxylic acids is 1. The van der Waals surface area contributed by atoms with Crippen molar-refractivity contribution < 1.29 is 41.9 Å². The molecule has 2 aromatic rings. The Morgan fingerprint density at radius 1 is 1.25 bits per heavy atom. The molecule has 0 aromatic carbocycles. The SMILES string of the molecule is Cc1noc(C)c1C(=O)N1CCO[C@H]2[C@H](Oc3ccccn3)CC[C@@H]21.O=C(O)C(F)(F)F. The summed E-state index contributed by atoms with van der Waals surface area (Å²) >= 11 is 0. The van der Waals surface area contributed by atoms with Crippen LogP contribution in [0.25, 0.3) is 0 Å². The Balaban J connectivity index is 0.000000360. The van der Waals surface area contributed by atoms with Gasteiger partial charge in [0.15, 0.2) is 0 Å². The molecule has 1 aliphatic heterocycles. The first kappa shape index (κ1) is 23.5. The molecule has 3 atom stereocenters. The van der Waals surface area contributed by atoms with Crippen molar-refractivity contribution in [1.29, 1.82) is 0 Å². The molecule has 12 heteroatoms. The molecule has 0 radical (unpaired) electrons. The number of pyridine rings is 1. The highest BCUT2D eigenvalue weighted by atomic mass is 19.4. The van der Waals surface area contributed by atoms with Crippen molar-refractivity contribution in [2.45, 2.75) is 51.1 Å². The molecule has 3 heterocycles. The van der Waals surface area contributed by atoms with Crippen molar-refractivity contribution in [3.8, 4) is 5.88 Å². The van der Waals surface area contributed by atoms with Crippen molar-refractivity contribution in [3.05, 3.63) is 41.4 Å². The molecule has 1 saturated heterocycles. The van der Waals surface area contributed by atoms with Crippen LogP contribution in [0.2, 0.25) is 0 Å². The van der Waals surface area contributed by atoms with Gasteiger partial charge in [-0.3, -0.25) is 4.79 Å². The van der Waals surface area contributed by atoms with Crippen LogP contribution < -0.4 is 4.74 Å². The normalized spacial score (nSPS) is 22.5. The van der Waals surface area contributed by atoms with Crippen molar-refractivity contribution in [2.24, 2.45) is 0 Å². The van der Waals surface area contributed by atoms with E-state index < -0.39 is 12.1 Å². The third kappa shape index (κ3) is 5.18. The molecule has 1 amide bonds. The second-order valence-electron chi connectivity index (χ2n) is 7.31. The molecular formula is C20H22F3N3O6. The van der Waals surface area contributed by atoms with Crippen LogP contribution >= 0.6 is 0 Å². The van der Waals surface area contributed by atoms with Gasteiger partial charge < -0.3 is 24.0 Å². The van der Waals surface area contributed by atoms with Gasteiger partial charge in [0.25, 0.3) is 5.91 Å². The molecule has 174 valence electrons. The van der Waals surface area contributed by atoms with Gasteiger partial charge in [-0.15, -0.1) is 0 Å². The Kier molecular flexibility index (Phi) is 7.02. The van der Waals surface area contributed by atoms with Crippen LogP contribution in [0, 0.1) is 13.8 Å². The zero-order chi connectivity index (χ0) is 23.5. The number of carboxylic acid groups (broad SMARTS) is 1. The molecular weight excluding hydrogens is 435 g/mol. The number of alkyl halides is 3. The van der Waals surface area contributed by atoms with E-state index in [1.54, 1.807) is 20.0 Å². The standard InChI is InChI=1S/C18H21N3O4.C2HF3O2/c1-11-16(12(2)25-20-11)18(22)21-9-10-23-17-13(21)6-7-14(17)24-15-5-3-4-8-19-15;3-2(4,5)1(6)7/h3-5,8,13-14,17H,6-7,9-10H2,1-2H3;(H,6,7)/t13-,14+,17+;/m0./s1. The highest BCUT2D eigenvalue weighted by Gasteiger charge is 2.46. The Morgan fingerprint density at radius 2 is 1.97 bits per heavy atom. The lowest BCUT2D eigenvalue weighted by atomic mass is 10.1. The number of hydrogen-bond donors (Lipinski definition) is 1. The summed E-state index contributed by atoms with van der Waals surface area (Å²) in [5, 5.41) is 11.0. The van der Waals surface area contributed by atoms with Gasteiger partial charge in [-0.1, -0.05) is 11.2 Å². The fraction of sp³-hybridized carbons (Fsp3) is 0.500. The maximum absolute atomic E-state index is 13.0. The highest BCUT2D eigenvalue weighted by Crippen LogP contribution is 2.34. The Bertz CT molecular complexity index is 930. The lowest BCUT2D eigenvalue weighted by molar-refractivity contribution is -0.192. The van der Waals surface area contributed by atoms with Crippen LogP contribution in [0.15, 0.2) is 28.9 Å². The van der Waals surface area contributed by atoms with Gasteiger partial charge in [0, 0.05) is 18.8 Å². The number of aryl methyl sites for hydroxylation is 2. The van der Waals surface area contributed by atoms with Crippen LogP contribution in [0.5, 0.6) is 5.88 Å². The average Bonchev–Trinajstić information content (AvgIpc) is 3.31. The maximum Gasteiger partial charge on any atom is 0.490 e. The molecule has 0 spiro atoms. The molecule has 9 nitrogen and oxygen atoms in total. The van der Waals surface area contributed by atoms with Crippen molar-refractivity contribution >= 4 is 11.9 Å². The van der Waals surface area contributed by atoms with E-state index in [4.69, 9.17) is 23.9 Å². The minimum atomic E-state index is -5.08. The number of halogens is 3. The Morgan fingerprint density at radius 3 is 2.53 bits per heavy atom. The average molecular weight is 457 g/mol. The van der Waals surface area contributed by atoms with E-state index in [2.05, 4.69) is 10.1 Å². The first-order valence-corrected chi connectivity index (χ1v) is 9.82. The minimum absolute atomic E-state index is 0.00339. The monoisotopic (exact) mass is 457 g/mol. The first-order valence-electron chi connectivity index (χ1n) is 9.82. The van der Waals surface area contributed by atoms with E-state index >= 15 is 0 Å². The quantitative estimate of drug-likeness (QED) is 0.748. The second-order valence-corrected chi connectivity index (χ2v) is 7.31. The number of fused-ring (bicyclic) bond motifs is 1. The van der Waals surface area contributed by atoms with E-state index in [1.807, 2.05) is 23.1 Å². The molecule has 2 fully saturated rings. The number of ether oxygens (including phenoxy) is 2. The molecule has 4 rings (SSSR count). The Hall–Kier alpha value is -3.15. The fourth-order valence-electron chi connectivity index (χ4n) is 3.80. The van der Waals surface area contributed by atoms with Gasteiger partial charge in [-0.25, -0.2) is 9.78 Å². The number of rotatable bonds is 3. The largest absolute Gasteiger partial charge is 0.490 e. The van der Waals surface area contributed by atoms with E-state index in [9.17, 15) is 18.0 Å². The molecule has 1 saturated carbocycles. The van der Waals surface area contributed by atoms with Gasteiger partial charge in [-0.2, -0.15) is 13.2 Å². The first-order chi connectivity index (χ1) is 15.1. The van der Waals surface area contributed by atoms with Crippen LogP contribution in [0.4, 0.5) is 13.2 Å². The van der Waals surface area contributed by atoms with Crippen LogP contribution in [0.1, 0.15) is 34.7 Å². The number of hydrogen-bond acceptors (Lipinski definition) is 7. The topological polar surface area (TPSA) is 115 Å². The number of carboxylic acids is 1. The number of amides is 1. The number of morpholine rings is 1. The summed E-state index contributed by atoms with van der Waals surface area (Å²) in [6.07, 6.45) is -1.94. The highest BCUT2D eigenvalue weighted by molar-refractivity contribution is 5.96. The number of carbonyl (C=O) groups is 2. The number of nitrogens with zero attached hydrogens (tertiary/aromatic N) is 3. The fourth-order valence-corrected chi connectivity index (χ4v) is 3.80. The third-order valence-corrected chi connectivity index (χ3v) is 5.20. The van der Waals surface area contributed by atoms with Crippen LogP contribution in [-0.4, -0.2) is 69.6 Å². The molecule has 0 bridgehead atoms. The maximum atomic E-state index is 13.0. The zero-order valence-electron chi connectivity index (χ0n) is 17.3. The summed E-state index contributed by atoms with van der Waals surface area (Å²) in [6.45, 7) is 4.63. The predicted molar refractivity (Wildman–Crippen MR) is 102 cm³/mol. The summed E-state index contributed by atoms with van der Waals surface area (Å²) in [5.41, 5.74) is 1.19. The summed E-state index contributed by atoms with van der Waals surface area (Å²) in [5.74, 6) is -1.64. The number of carbonyl (C=O) groups excluding carboxylic acids is 1. The smallest absolute Gasteiger partial charge is 0.475 e. The van der Waals surface area contributed by atoms with E-state index in [0.29, 0.717) is 36.0 Å². The second kappa shape index (κ2) is 9.55. The molecule has 2 aliphatic rings. The zero-order valence-corrected chi connectivity index (χ0v) is 17.3. The van der Waals surface area contributed by atoms with Gasteiger partial charge in [-0.05, 0) is 32.8 Å². The lowest BCUT2D eigenvalue weighted by Gasteiger charge is -2.38. The summed E-state index contributed by atoms with van der Waals surface area (Å²) in [4.78, 5) is 28.0. The van der Waals surface area contributed by atoms with Crippen molar-refractivity contribution in [2.75, 3.05) is 13.2 Å².